The van der Waals surface area contributed by atoms with Gasteiger partial charge in [0.25, 0.3) is 0 Å². The maximum absolute atomic E-state index is 14.2. The van der Waals surface area contributed by atoms with Crippen LogP contribution in [0, 0.1) is 5.82 Å². The number of alkyl halides is 1. The zero-order valence-electron chi connectivity index (χ0n) is 15.9. The second kappa shape index (κ2) is 8.05. The highest BCUT2D eigenvalue weighted by Crippen LogP contribution is 2.45. The Morgan fingerprint density at radius 3 is 2.60 bits per heavy atom. The zero-order chi connectivity index (χ0) is 21.1. The highest BCUT2D eigenvalue weighted by atomic mass is 19.1. The molecule has 10 heteroatoms. The van der Waals surface area contributed by atoms with Crippen molar-refractivity contribution in [2.75, 3.05) is 11.9 Å². The number of nitrogens with one attached hydrogen (secondary N) is 1. The minimum Gasteiger partial charge on any atom is -0.369 e. The maximum atomic E-state index is 14.2. The number of carbonyl (C=O) groups is 1. The lowest BCUT2D eigenvalue weighted by Gasteiger charge is -2.43. The topological polar surface area (TPSA) is 120 Å². The molecular weight excluding hydrogens is 392 g/mol. The van der Waals surface area contributed by atoms with Gasteiger partial charge in [-0.05, 0) is 31.0 Å². The molecule has 1 saturated carbocycles. The number of pyridine rings is 1. The van der Waals surface area contributed by atoms with E-state index >= 15 is 0 Å². The smallest absolute Gasteiger partial charge is 0.223 e. The number of rotatable bonds is 7. The number of hydrogen-bond acceptors (Lipinski definition) is 7. The van der Waals surface area contributed by atoms with Crippen LogP contribution in [0.1, 0.15) is 24.2 Å². The summed E-state index contributed by atoms with van der Waals surface area (Å²) >= 11 is 0. The van der Waals surface area contributed by atoms with Crippen molar-refractivity contribution >= 4 is 11.9 Å². The second-order valence-electron chi connectivity index (χ2n) is 7.28. The van der Waals surface area contributed by atoms with E-state index in [1.165, 1.54) is 36.9 Å². The molecule has 1 aliphatic rings. The molecule has 3 heterocycles. The molecule has 0 aliphatic heterocycles. The standard InChI is InChI=1S/C20H19F2N7O/c21-13-7-20(8-13,17-15(22)2-1-4-24-17)11-28-19-26-9-12(10-27-19)18-25-5-3-14(29-18)6-16(23)30/h1-5,9-10,13H,6-8,11H2,(H2,23,30)(H,26,27,28). The third-order valence-electron chi connectivity index (χ3n) is 5.05. The number of nitrogens with zero attached hydrogens (tertiary/aromatic N) is 5. The van der Waals surface area contributed by atoms with Crippen LogP contribution in [-0.2, 0) is 16.6 Å². The fourth-order valence-corrected chi connectivity index (χ4v) is 3.58. The van der Waals surface area contributed by atoms with Crippen LogP contribution in [0.4, 0.5) is 14.7 Å². The van der Waals surface area contributed by atoms with E-state index in [0.717, 1.165) is 0 Å². The summed E-state index contributed by atoms with van der Waals surface area (Å²) < 4.78 is 27.9. The van der Waals surface area contributed by atoms with Gasteiger partial charge in [-0.1, -0.05) is 0 Å². The van der Waals surface area contributed by atoms with Crippen molar-refractivity contribution in [3.05, 3.63) is 60.2 Å². The molecule has 0 atom stereocenters. The van der Waals surface area contributed by atoms with Gasteiger partial charge in [-0.15, -0.1) is 0 Å². The minimum atomic E-state index is -0.985. The average molecular weight is 411 g/mol. The Morgan fingerprint density at radius 1 is 1.17 bits per heavy atom. The fraction of sp³-hybridized carbons (Fsp3) is 0.300. The number of primary amides is 1. The Labute approximate surface area is 171 Å². The molecule has 0 unspecified atom stereocenters. The third-order valence-corrected chi connectivity index (χ3v) is 5.05. The molecule has 3 aromatic rings. The second-order valence-corrected chi connectivity index (χ2v) is 7.28. The summed E-state index contributed by atoms with van der Waals surface area (Å²) in [5, 5.41) is 3.05. The van der Waals surface area contributed by atoms with Crippen molar-refractivity contribution < 1.29 is 13.6 Å². The summed E-state index contributed by atoms with van der Waals surface area (Å²) in [5.74, 6) is -0.257. The summed E-state index contributed by atoms with van der Waals surface area (Å²) in [6.45, 7) is 0.255. The van der Waals surface area contributed by atoms with Crippen LogP contribution < -0.4 is 11.1 Å². The maximum Gasteiger partial charge on any atom is 0.223 e. The Morgan fingerprint density at radius 2 is 1.93 bits per heavy atom. The van der Waals surface area contributed by atoms with Gasteiger partial charge in [0.15, 0.2) is 5.82 Å². The first-order valence-electron chi connectivity index (χ1n) is 9.37. The Kier molecular flexibility index (Phi) is 5.30. The number of hydrogen-bond donors (Lipinski definition) is 2. The lowest BCUT2D eigenvalue weighted by atomic mass is 9.65. The monoisotopic (exact) mass is 411 g/mol. The number of nitrogens with two attached hydrogens (primary N) is 1. The number of carbonyl (C=O) groups excluding carboxylic acids is 1. The van der Waals surface area contributed by atoms with E-state index in [9.17, 15) is 13.6 Å². The van der Waals surface area contributed by atoms with E-state index in [-0.39, 0.29) is 31.5 Å². The molecule has 1 fully saturated rings. The van der Waals surface area contributed by atoms with Crippen LogP contribution in [0.3, 0.4) is 0 Å². The summed E-state index contributed by atoms with van der Waals surface area (Å²) in [4.78, 5) is 32.1. The van der Waals surface area contributed by atoms with E-state index in [1.807, 2.05) is 0 Å². The van der Waals surface area contributed by atoms with Gasteiger partial charge in [-0.3, -0.25) is 9.78 Å². The van der Waals surface area contributed by atoms with E-state index in [2.05, 4.69) is 30.2 Å². The first-order valence-corrected chi connectivity index (χ1v) is 9.37. The molecular formula is C20H19F2N7O. The zero-order valence-corrected chi connectivity index (χ0v) is 15.9. The first kappa shape index (κ1) is 19.7. The Hall–Kier alpha value is -3.56. The summed E-state index contributed by atoms with van der Waals surface area (Å²) in [5.41, 5.74) is 5.77. The van der Waals surface area contributed by atoms with Crippen molar-refractivity contribution in [1.29, 1.82) is 0 Å². The van der Waals surface area contributed by atoms with E-state index < -0.39 is 23.3 Å². The fourth-order valence-electron chi connectivity index (χ4n) is 3.58. The van der Waals surface area contributed by atoms with Crippen LogP contribution >= 0.6 is 0 Å². The largest absolute Gasteiger partial charge is 0.369 e. The van der Waals surface area contributed by atoms with Crippen molar-refractivity contribution in [3.63, 3.8) is 0 Å². The number of aromatic nitrogens is 5. The molecule has 3 N–H and O–H groups in total. The highest BCUT2D eigenvalue weighted by molar-refractivity contribution is 5.76. The van der Waals surface area contributed by atoms with Crippen molar-refractivity contribution in [1.82, 2.24) is 24.9 Å². The molecule has 3 aromatic heterocycles. The van der Waals surface area contributed by atoms with E-state index in [0.29, 0.717) is 23.0 Å². The van der Waals surface area contributed by atoms with Crippen LogP contribution in [0.15, 0.2) is 43.0 Å². The first-order chi connectivity index (χ1) is 14.4. The number of amides is 1. The molecule has 0 aromatic carbocycles. The molecule has 1 amide bonds. The third kappa shape index (κ3) is 4.07. The van der Waals surface area contributed by atoms with Crippen molar-refractivity contribution in [2.24, 2.45) is 5.73 Å². The molecule has 1 aliphatic carbocycles. The normalized spacial score (nSPS) is 20.4. The van der Waals surface area contributed by atoms with Gasteiger partial charge in [0, 0.05) is 36.7 Å². The predicted molar refractivity (Wildman–Crippen MR) is 104 cm³/mol. The summed E-state index contributed by atoms with van der Waals surface area (Å²) in [7, 11) is 0. The SMILES string of the molecule is NC(=O)Cc1ccnc(-c2cnc(NCC3(c4ncccc4F)CC(F)C3)nc2)n1. The Bertz CT molecular complexity index is 1060. The molecule has 0 saturated heterocycles. The van der Waals surface area contributed by atoms with Crippen LogP contribution in [-0.4, -0.2) is 43.5 Å². The average Bonchev–Trinajstić information content (AvgIpc) is 2.71. The molecule has 8 nitrogen and oxygen atoms in total. The quantitative estimate of drug-likeness (QED) is 0.610. The number of anilines is 1. The van der Waals surface area contributed by atoms with E-state index in [4.69, 9.17) is 5.73 Å². The molecule has 154 valence electrons. The molecule has 4 rings (SSSR count). The molecule has 30 heavy (non-hydrogen) atoms. The lowest BCUT2D eigenvalue weighted by Crippen LogP contribution is -2.49. The van der Waals surface area contributed by atoms with Gasteiger partial charge in [0.2, 0.25) is 11.9 Å². The van der Waals surface area contributed by atoms with Gasteiger partial charge in [-0.25, -0.2) is 28.7 Å². The lowest BCUT2D eigenvalue weighted by molar-refractivity contribution is -0.117. The molecule has 0 radical (unpaired) electrons. The van der Waals surface area contributed by atoms with Gasteiger partial charge in [0.05, 0.1) is 23.4 Å². The number of halogens is 2. The predicted octanol–water partition coefficient (Wildman–Crippen LogP) is 1.98. The van der Waals surface area contributed by atoms with Crippen molar-refractivity contribution in [3.8, 4) is 11.4 Å². The molecule has 0 spiro atoms. The summed E-state index contributed by atoms with van der Waals surface area (Å²) in [6, 6.07) is 4.44. The van der Waals surface area contributed by atoms with Gasteiger partial charge < -0.3 is 11.1 Å². The van der Waals surface area contributed by atoms with Crippen molar-refractivity contribution in [2.45, 2.75) is 30.8 Å². The minimum absolute atomic E-state index is 0.0117. The van der Waals surface area contributed by atoms with Gasteiger partial charge in [-0.2, -0.15) is 0 Å². The Balaban J connectivity index is 1.47. The molecule has 0 bridgehead atoms. The van der Waals surface area contributed by atoms with E-state index in [1.54, 1.807) is 6.07 Å². The van der Waals surface area contributed by atoms with Gasteiger partial charge >= 0.3 is 0 Å². The summed E-state index contributed by atoms with van der Waals surface area (Å²) in [6.07, 6.45) is 5.50. The van der Waals surface area contributed by atoms with Gasteiger partial charge in [0.1, 0.15) is 12.0 Å². The van der Waals surface area contributed by atoms with Crippen LogP contribution in [0.2, 0.25) is 0 Å². The highest BCUT2D eigenvalue weighted by Gasteiger charge is 2.48. The van der Waals surface area contributed by atoms with Crippen LogP contribution in [0.5, 0.6) is 0 Å². The van der Waals surface area contributed by atoms with Crippen LogP contribution in [0.25, 0.3) is 11.4 Å².